The fourth-order valence-corrected chi connectivity index (χ4v) is 4.74. The van der Waals surface area contributed by atoms with Gasteiger partial charge in [0.25, 0.3) is 0 Å². The normalized spacial score (nSPS) is 16.6. The largest absolute Gasteiger partial charge is 0.360 e. The van der Waals surface area contributed by atoms with Crippen molar-refractivity contribution >= 4 is 27.4 Å². The van der Waals surface area contributed by atoms with Crippen LogP contribution in [0.1, 0.15) is 17.3 Å². The Morgan fingerprint density at radius 1 is 1.12 bits per heavy atom. The topological polar surface area (TPSA) is 92.4 Å². The van der Waals surface area contributed by atoms with Gasteiger partial charge in [-0.05, 0) is 20.8 Å². The SMILES string of the molecule is Cc1nc(Cl)cc(N2CCN(S(=O)(=O)c3c(C)noc3C)CC2)n1. The average Bonchev–Trinajstić information content (AvgIpc) is 2.86. The van der Waals surface area contributed by atoms with E-state index in [4.69, 9.17) is 16.1 Å². The van der Waals surface area contributed by atoms with Crippen molar-refractivity contribution in [1.82, 2.24) is 19.4 Å². The van der Waals surface area contributed by atoms with E-state index in [2.05, 4.69) is 15.1 Å². The summed E-state index contributed by atoms with van der Waals surface area (Å²) in [7, 11) is -3.61. The van der Waals surface area contributed by atoms with Crippen molar-refractivity contribution in [3.05, 3.63) is 28.5 Å². The lowest BCUT2D eigenvalue weighted by Gasteiger charge is -2.34. The lowest BCUT2D eigenvalue weighted by Crippen LogP contribution is -2.49. The third kappa shape index (κ3) is 3.11. The molecule has 0 amide bonds. The van der Waals surface area contributed by atoms with Crippen molar-refractivity contribution in [2.75, 3.05) is 31.1 Å². The maximum Gasteiger partial charge on any atom is 0.248 e. The first-order chi connectivity index (χ1) is 11.3. The van der Waals surface area contributed by atoms with Crippen LogP contribution in [0.4, 0.5) is 5.82 Å². The minimum Gasteiger partial charge on any atom is -0.360 e. The number of anilines is 1. The van der Waals surface area contributed by atoms with Crippen LogP contribution >= 0.6 is 11.6 Å². The van der Waals surface area contributed by atoms with Gasteiger partial charge in [-0.3, -0.25) is 0 Å². The second-order valence-electron chi connectivity index (χ2n) is 5.64. The summed E-state index contributed by atoms with van der Waals surface area (Å²) in [5.41, 5.74) is 0.383. The zero-order chi connectivity index (χ0) is 17.5. The van der Waals surface area contributed by atoms with Crippen LogP contribution in [0.25, 0.3) is 0 Å². The number of halogens is 1. The van der Waals surface area contributed by atoms with E-state index in [0.717, 1.165) is 0 Å². The quantitative estimate of drug-likeness (QED) is 0.756. The number of aryl methyl sites for hydroxylation is 3. The molecule has 1 aliphatic heterocycles. The van der Waals surface area contributed by atoms with Crippen LogP contribution in [0.2, 0.25) is 5.15 Å². The maximum absolute atomic E-state index is 12.8. The Morgan fingerprint density at radius 2 is 1.79 bits per heavy atom. The highest BCUT2D eigenvalue weighted by molar-refractivity contribution is 7.89. The van der Waals surface area contributed by atoms with Crippen molar-refractivity contribution in [1.29, 1.82) is 0 Å². The predicted molar refractivity (Wildman–Crippen MR) is 88.7 cm³/mol. The molecule has 0 spiro atoms. The van der Waals surface area contributed by atoms with Crippen LogP contribution in [0, 0.1) is 20.8 Å². The lowest BCUT2D eigenvalue weighted by atomic mass is 10.3. The molecule has 10 heteroatoms. The summed E-state index contributed by atoms with van der Waals surface area (Å²) in [4.78, 5) is 10.6. The van der Waals surface area contributed by atoms with Gasteiger partial charge < -0.3 is 9.42 Å². The van der Waals surface area contributed by atoms with Gasteiger partial charge in [0.15, 0.2) is 5.76 Å². The second kappa shape index (κ2) is 6.30. The minimum atomic E-state index is -3.61. The van der Waals surface area contributed by atoms with Gasteiger partial charge in [0.05, 0.1) is 0 Å². The summed E-state index contributed by atoms with van der Waals surface area (Å²) < 4.78 is 32.0. The highest BCUT2D eigenvalue weighted by Gasteiger charge is 2.33. The first-order valence-electron chi connectivity index (χ1n) is 7.48. The van der Waals surface area contributed by atoms with Gasteiger partial charge in [-0.2, -0.15) is 4.31 Å². The Hall–Kier alpha value is -1.71. The molecule has 2 aromatic rings. The molecular weight excluding hydrogens is 354 g/mol. The van der Waals surface area contributed by atoms with E-state index in [-0.39, 0.29) is 4.90 Å². The van der Waals surface area contributed by atoms with Crippen molar-refractivity contribution in [2.45, 2.75) is 25.7 Å². The number of aromatic nitrogens is 3. The average molecular weight is 372 g/mol. The van der Waals surface area contributed by atoms with E-state index >= 15 is 0 Å². The zero-order valence-corrected chi connectivity index (χ0v) is 15.2. The summed E-state index contributed by atoms with van der Waals surface area (Å²) in [5, 5.41) is 4.11. The Bertz CT molecular complexity index is 820. The molecule has 0 aliphatic carbocycles. The highest BCUT2D eigenvalue weighted by Crippen LogP contribution is 2.25. The summed E-state index contributed by atoms with van der Waals surface area (Å²) in [5.74, 6) is 1.61. The molecule has 1 fully saturated rings. The number of hydrogen-bond donors (Lipinski definition) is 0. The van der Waals surface area contributed by atoms with Gasteiger partial charge >= 0.3 is 0 Å². The van der Waals surface area contributed by atoms with Crippen molar-refractivity contribution in [2.24, 2.45) is 0 Å². The van der Waals surface area contributed by atoms with Crippen LogP contribution in [0.15, 0.2) is 15.5 Å². The van der Waals surface area contributed by atoms with E-state index in [1.807, 2.05) is 4.90 Å². The first kappa shape index (κ1) is 17.1. The van der Waals surface area contributed by atoms with Crippen LogP contribution in [0.5, 0.6) is 0 Å². The van der Waals surface area contributed by atoms with Gasteiger partial charge in [-0.15, -0.1) is 0 Å². The molecule has 0 N–H and O–H groups in total. The van der Waals surface area contributed by atoms with Gasteiger partial charge in [-0.25, -0.2) is 18.4 Å². The van der Waals surface area contributed by atoms with Crippen LogP contribution in [-0.4, -0.2) is 54.0 Å². The molecule has 3 rings (SSSR count). The summed E-state index contributed by atoms with van der Waals surface area (Å²) in [6, 6.07) is 1.69. The molecule has 0 unspecified atom stereocenters. The molecular formula is C14H18ClN5O3S. The molecule has 0 saturated carbocycles. The molecule has 1 aliphatic rings. The van der Waals surface area contributed by atoms with Gasteiger partial charge in [-0.1, -0.05) is 16.8 Å². The summed E-state index contributed by atoms with van der Waals surface area (Å²) >= 11 is 5.97. The standard InChI is InChI=1S/C14H18ClN5O3S/c1-9-14(10(2)23-18-9)24(21,22)20-6-4-19(5-7-20)13-8-12(15)16-11(3)17-13/h8H,4-7H2,1-3H3. The molecule has 130 valence electrons. The van der Waals surface area contributed by atoms with E-state index in [0.29, 0.717) is 54.4 Å². The Labute approximate surface area is 145 Å². The Kier molecular flexibility index (Phi) is 4.50. The number of piperazine rings is 1. The smallest absolute Gasteiger partial charge is 0.248 e. The number of rotatable bonds is 3. The monoisotopic (exact) mass is 371 g/mol. The van der Waals surface area contributed by atoms with Crippen LogP contribution in [0.3, 0.4) is 0 Å². The number of sulfonamides is 1. The van der Waals surface area contributed by atoms with E-state index in [1.165, 1.54) is 4.31 Å². The molecule has 3 heterocycles. The van der Waals surface area contributed by atoms with Crippen LogP contribution < -0.4 is 4.90 Å². The second-order valence-corrected chi connectivity index (χ2v) is 7.90. The van der Waals surface area contributed by atoms with Gasteiger partial charge in [0, 0.05) is 32.2 Å². The van der Waals surface area contributed by atoms with Gasteiger partial charge in [0.1, 0.15) is 27.4 Å². The third-order valence-electron chi connectivity index (χ3n) is 3.92. The van der Waals surface area contributed by atoms with Crippen LogP contribution in [-0.2, 0) is 10.0 Å². The third-order valence-corrected chi connectivity index (χ3v) is 6.26. The Balaban J connectivity index is 1.77. The number of hydrogen-bond acceptors (Lipinski definition) is 7. The molecule has 0 bridgehead atoms. The van der Waals surface area contributed by atoms with Crippen molar-refractivity contribution in [3.8, 4) is 0 Å². The predicted octanol–water partition coefficient (Wildman–Crippen LogP) is 1.55. The highest BCUT2D eigenvalue weighted by atomic mass is 35.5. The van der Waals surface area contributed by atoms with Crippen molar-refractivity contribution < 1.29 is 12.9 Å². The maximum atomic E-state index is 12.8. The van der Waals surface area contributed by atoms with E-state index in [9.17, 15) is 8.42 Å². The molecule has 24 heavy (non-hydrogen) atoms. The van der Waals surface area contributed by atoms with E-state index < -0.39 is 10.0 Å². The van der Waals surface area contributed by atoms with Gasteiger partial charge in [0.2, 0.25) is 10.0 Å². The molecule has 0 radical (unpaired) electrons. The Morgan fingerprint density at radius 3 is 2.33 bits per heavy atom. The molecule has 0 aromatic carbocycles. The molecule has 1 saturated heterocycles. The lowest BCUT2D eigenvalue weighted by molar-refractivity contribution is 0.377. The molecule has 0 atom stereocenters. The summed E-state index contributed by atoms with van der Waals surface area (Å²) in [6.07, 6.45) is 0. The minimum absolute atomic E-state index is 0.164. The fraction of sp³-hybridized carbons (Fsp3) is 0.500. The molecule has 8 nitrogen and oxygen atoms in total. The number of nitrogens with zero attached hydrogens (tertiary/aromatic N) is 5. The van der Waals surface area contributed by atoms with Crippen molar-refractivity contribution in [3.63, 3.8) is 0 Å². The van der Waals surface area contributed by atoms with E-state index in [1.54, 1.807) is 26.8 Å². The molecule has 2 aromatic heterocycles. The fourth-order valence-electron chi connectivity index (χ4n) is 2.81. The first-order valence-corrected chi connectivity index (χ1v) is 9.30. The summed E-state index contributed by atoms with van der Waals surface area (Å²) in [6.45, 7) is 6.76. The zero-order valence-electron chi connectivity index (χ0n) is 13.7.